The fraction of sp³-hybridized carbons (Fsp3) is 0.636. The molecule has 84 valence electrons. The van der Waals surface area contributed by atoms with Crippen LogP contribution in [0.25, 0.3) is 0 Å². The summed E-state index contributed by atoms with van der Waals surface area (Å²) in [6.45, 7) is 6.03. The Balaban J connectivity index is 2.33. The molecule has 2 N–H and O–H groups in total. The van der Waals surface area contributed by atoms with Crippen LogP contribution in [0.2, 0.25) is 0 Å². The predicted molar refractivity (Wildman–Crippen MR) is 58.2 cm³/mol. The summed E-state index contributed by atoms with van der Waals surface area (Å²) in [6, 6.07) is 0.118. The lowest BCUT2D eigenvalue weighted by molar-refractivity contribution is -0.129. The summed E-state index contributed by atoms with van der Waals surface area (Å²) in [6.07, 6.45) is 3.66. The highest BCUT2D eigenvalue weighted by Gasteiger charge is 2.24. The first-order chi connectivity index (χ1) is 7.13. The molecule has 1 fully saturated rings. The summed E-state index contributed by atoms with van der Waals surface area (Å²) >= 11 is 0. The van der Waals surface area contributed by atoms with Crippen molar-refractivity contribution in [2.24, 2.45) is 5.92 Å². The first kappa shape index (κ1) is 11.8. The number of carbonyl (C=O) groups excluding carboxylic acids is 2. The predicted octanol–water partition coefficient (Wildman–Crippen LogP) is 0.593. The maximum absolute atomic E-state index is 11.7. The second-order valence-corrected chi connectivity index (χ2v) is 3.97. The van der Waals surface area contributed by atoms with Crippen molar-refractivity contribution in [1.82, 2.24) is 10.6 Å². The SMILES string of the molecule is C=CCC(C)NC(=O)C1CCC(=O)NC1. The van der Waals surface area contributed by atoms with E-state index in [0.29, 0.717) is 19.4 Å². The van der Waals surface area contributed by atoms with Crippen LogP contribution in [0.15, 0.2) is 12.7 Å². The summed E-state index contributed by atoms with van der Waals surface area (Å²) in [7, 11) is 0. The number of amides is 2. The van der Waals surface area contributed by atoms with E-state index >= 15 is 0 Å². The van der Waals surface area contributed by atoms with Gasteiger partial charge in [0.05, 0.1) is 5.92 Å². The van der Waals surface area contributed by atoms with Crippen LogP contribution in [-0.2, 0) is 9.59 Å². The molecular weight excluding hydrogens is 192 g/mol. The van der Waals surface area contributed by atoms with Crippen molar-refractivity contribution < 1.29 is 9.59 Å². The van der Waals surface area contributed by atoms with Gasteiger partial charge in [0, 0.05) is 19.0 Å². The van der Waals surface area contributed by atoms with Gasteiger partial charge in [-0.2, -0.15) is 0 Å². The van der Waals surface area contributed by atoms with Crippen molar-refractivity contribution in [1.29, 1.82) is 0 Å². The molecule has 2 amide bonds. The van der Waals surface area contributed by atoms with Gasteiger partial charge in [0.15, 0.2) is 0 Å². The van der Waals surface area contributed by atoms with Crippen molar-refractivity contribution in [3.05, 3.63) is 12.7 Å². The lowest BCUT2D eigenvalue weighted by atomic mass is 9.98. The van der Waals surface area contributed by atoms with E-state index in [-0.39, 0.29) is 23.8 Å². The number of hydrogen-bond donors (Lipinski definition) is 2. The fourth-order valence-corrected chi connectivity index (χ4v) is 1.63. The topological polar surface area (TPSA) is 58.2 Å². The Morgan fingerprint density at radius 2 is 2.53 bits per heavy atom. The molecule has 4 nitrogen and oxygen atoms in total. The molecule has 0 bridgehead atoms. The molecule has 0 saturated carbocycles. The van der Waals surface area contributed by atoms with Crippen LogP contribution in [0.3, 0.4) is 0 Å². The molecule has 0 aromatic heterocycles. The van der Waals surface area contributed by atoms with E-state index in [1.54, 1.807) is 6.08 Å². The molecule has 0 spiro atoms. The molecule has 1 aliphatic rings. The first-order valence-corrected chi connectivity index (χ1v) is 5.31. The van der Waals surface area contributed by atoms with Gasteiger partial charge >= 0.3 is 0 Å². The lowest BCUT2D eigenvalue weighted by Gasteiger charge is -2.23. The average Bonchev–Trinajstić information content (AvgIpc) is 2.18. The normalized spacial score (nSPS) is 22.7. The molecule has 4 heteroatoms. The first-order valence-electron chi connectivity index (χ1n) is 5.31. The zero-order chi connectivity index (χ0) is 11.3. The fourth-order valence-electron chi connectivity index (χ4n) is 1.63. The standard InChI is InChI=1S/C11H18N2O2/c1-3-4-8(2)13-11(15)9-5-6-10(14)12-7-9/h3,8-9H,1,4-7H2,2H3,(H,12,14)(H,13,15). The Kier molecular flexibility index (Phi) is 4.34. The third kappa shape index (κ3) is 3.73. The van der Waals surface area contributed by atoms with Gasteiger partial charge in [-0.1, -0.05) is 6.08 Å². The Morgan fingerprint density at radius 1 is 1.80 bits per heavy atom. The molecule has 15 heavy (non-hydrogen) atoms. The van der Waals surface area contributed by atoms with Crippen LogP contribution in [0.4, 0.5) is 0 Å². The van der Waals surface area contributed by atoms with E-state index in [0.717, 1.165) is 6.42 Å². The molecule has 2 atom stereocenters. The summed E-state index contributed by atoms with van der Waals surface area (Å²) < 4.78 is 0. The van der Waals surface area contributed by atoms with E-state index in [2.05, 4.69) is 17.2 Å². The highest BCUT2D eigenvalue weighted by molar-refractivity contribution is 5.83. The molecule has 1 rings (SSSR count). The molecular formula is C11H18N2O2. The van der Waals surface area contributed by atoms with Crippen LogP contribution < -0.4 is 10.6 Å². The van der Waals surface area contributed by atoms with Crippen LogP contribution >= 0.6 is 0 Å². The Morgan fingerprint density at radius 3 is 3.07 bits per heavy atom. The lowest BCUT2D eigenvalue weighted by Crippen LogP contribution is -2.45. The second-order valence-electron chi connectivity index (χ2n) is 3.97. The summed E-state index contributed by atoms with van der Waals surface area (Å²) in [5.74, 6) is -0.00231. The van der Waals surface area contributed by atoms with Gasteiger partial charge < -0.3 is 10.6 Å². The van der Waals surface area contributed by atoms with E-state index in [9.17, 15) is 9.59 Å². The Labute approximate surface area is 90.1 Å². The quantitative estimate of drug-likeness (QED) is 0.667. The largest absolute Gasteiger partial charge is 0.355 e. The molecule has 1 heterocycles. The van der Waals surface area contributed by atoms with Gasteiger partial charge in [0.25, 0.3) is 0 Å². The minimum absolute atomic E-state index is 0.0318. The number of piperidine rings is 1. The van der Waals surface area contributed by atoms with Crippen LogP contribution in [-0.4, -0.2) is 24.4 Å². The molecule has 0 aliphatic carbocycles. The van der Waals surface area contributed by atoms with Crippen molar-refractivity contribution in [3.8, 4) is 0 Å². The molecule has 0 aromatic carbocycles. The molecule has 0 radical (unpaired) electrons. The smallest absolute Gasteiger partial charge is 0.225 e. The van der Waals surface area contributed by atoms with E-state index in [1.165, 1.54) is 0 Å². The molecule has 2 unspecified atom stereocenters. The molecule has 0 aromatic rings. The van der Waals surface area contributed by atoms with E-state index in [1.807, 2.05) is 6.92 Å². The molecule has 1 aliphatic heterocycles. The monoisotopic (exact) mass is 210 g/mol. The van der Waals surface area contributed by atoms with Gasteiger partial charge in [-0.25, -0.2) is 0 Å². The number of hydrogen-bond acceptors (Lipinski definition) is 2. The van der Waals surface area contributed by atoms with E-state index in [4.69, 9.17) is 0 Å². The molecule has 1 saturated heterocycles. The second kappa shape index (κ2) is 5.53. The van der Waals surface area contributed by atoms with Gasteiger partial charge in [-0.15, -0.1) is 6.58 Å². The minimum Gasteiger partial charge on any atom is -0.355 e. The third-order valence-electron chi connectivity index (χ3n) is 2.55. The highest BCUT2D eigenvalue weighted by Crippen LogP contribution is 2.11. The highest BCUT2D eigenvalue weighted by atomic mass is 16.2. The van der Waals surface area contributed by atoms with Gasteiger partial charge in [0.1, 0.15) is 0 Å². The van der Waals surface area contributed by atoms with Gasteiger partial charge in [-0.05, 0) is 19.8 Å². The summed E-state index contributed by atoms with van der Waals surface area (Å²) in [5.41, 5.74) is 0. The average molecular weight is 210 g/mol. The minimum atomic E-state index is -0.0741. The van der Waals surface area contributed by atoms with Crippen LogP contribution in [0, 0.1) is 5.92 Å². The summed E-state index contributed by atoms with van der Waals surface area (Å²) in [4.78, 5) is 22.6. The third-order valence-corrected chi connectivity index (χ3v) is 2.55. The zero-order valence-corrected chi connectivity index (χ0v) is 9.08. The van der Waals surface area contributed by atoms with Crippen molar-refractivity contribution >= 4 is 11.8 Å². The number of carbonyl (C=O) groups is 2. The van der Waals surface area contributed by atoms with Gasteiger partial charge in [0.2, 0.25) is 11.8 Å². The van der Waals surface area contributed by atoms with Gasteiger partial charge in [-0.3, -0.25) is 9.59 Å². The Hall–Kier alpha value is -1.32. The Bertz CT molecular complexity index is 253. The number of nitrogens with one attached hydrogen (secondary N) is 2. The van der Waals surface area contributed by atoms with Crippen LogP contribution in [0.1, 0.15) is 26.2 Å². The van der Waals surface area contributed by atoms with Crippen molar-refractivity contribution in [3.63, 3.8) is 0 Å². The number of rotatable bonds is 4. The summed E-state index contributed by atoms with van der Waals surface area (Å²) in [5, 5.41) is 5.60. The maximum Gasteiger partial charge on any atom is 0.225 e. The zero-order valence-electron chi connectivity index (χ0n) is 9.08. The van der Waals surface area contributed by atoms with Crippen molar-refractivity contribution in [2.75, 3.05) is 6.54 Å². The van der Waals surface area contributed by atoms with E-state index < -0.39 is 0 Å². The van der Waals surface area contributed by atoms with Crippen molar-refractivity contribution in [2.45, 2.75) is 32.2 Å². The van der Waals surface area contributed by atoms with Crippen LogP contribution in [0.5, 0.6) is 0 Å². The maximum atomic E-state index is 11.7.